The van der Waals surface area contributed by atoms with E-state index in [0.29, 0.717) is 10.8 Å². The molecule has 0 heteroatoms. The Labute approximate surface area is 111 Å². The molecule has 0 aliphatic rings. The summed E-state index contributed by atoms with van der Waals surface area (Å²) in [6.07, 6.45) is 3.93. The molecule has 0 bridgehead atoms. The average Bonchev–Trinajstić information content (AvgIpc) is 2.16. The van der Waals surface area contributed by atoms with Crippen LogP contribution in [0.25, 0.3) is 0 Å². The van der Waals surface area contributed by atoms with Gasteiger partial charge in [-0.05, 0) is 35.0 Å². The van der Waals surface area contributed by atoms with Gasteiger partial charge in [0.2, 0.25) is 0 Å². The Morgan fingerprint density at radius 1 is 0.882 bits per heavy atom. The first kappa shape index (κ1) is 17.0. The van der Waals surface area contributed by atoms with Crippen molar-refractivity contribution in [3.63, 3.8) is 0 Å². The summed E-state index contributed by atoms with van der Waals surface area (Å²) in [4.78, 5) is 0. The highest BCUT2D eigenvalue weighted by molar-refractivity contribution is 4.86. The van der Waals surface area contributed by atoms with Gasteiger partial charge >= 0.3 is 0 Å². The van der Waals surface area contributed by atoms with Crippen LogP contribution in [0.4, 0.5) is 0 Å². The number of hydrogen-bond acceptors (Lipinski definition) is 0. The predicted molar refractivity (Wildman–Crippen MR) is 80.3 cm³/mol. The van der Waals surface area contributed by atoms with Crippen LogP contribution in [0.15, 0.2) is 0 Å². The van der Waals surface area contributed by atoms with Crippen molar-refractivity contribution in [2.24, 2.45) is 28.6 Å². The van der Waals surface area contributed by atoms with Gasteiger partial charge in [-0.1, -0.05) is 75.2 Å². The van der Waals surface area contributed by atoms with Crippen LogP contribution in [0, 0.1) is 28.6 Å². The minimum atomic E-state index is 0.449. The molecule has 0 heterocycles. The lowest BCUT2D eigenvalue weighted by Crippen LogP contribution is -2.34. The highest BCUT2D eigenvalue weighted by Crippen LogP contribution is 2.45. The van der Waals surface area contributed by atoms with Crippen molar-refractivity contribution in [3.05, 3.63) is 0 Å². The lowest BCUT2D eigenvalue weighted by molar-refractivity contribution is 0.0670. The van der Waals surface area contributed by atoms with Gasteiger partial charge in [-0.15, -0.1) is 0 Å². The van der Waals surface area contributed by atoms with Crippen molar-refractivity contribution in [1.82, 2.24) is 0 Å². The zero-order valence-corrected chi connectivity index (χ0v) is 13.9. The lowest BCUT2D eigenvalue weighted by Gasteiger charge is -2.43. The fourth-order valence-corrected chi connectivity index (χ4v) is 3.50. The molecule has 2 atom stereocenters. The third kappa shape index (κ3) is 5.02. The summed E-state index contributed by atoms with van der Waals surface area (Å²) in [5, 5.41) is 0. The third-order valence-electron chi connectivity index (χ3n) is 5.09. The van der Waals surface area contributed by atoms with Gasteiger partial charge in [-0.2, -0.15) is 0 Å². The Morgan fingerprint density at radius 2 is 1.35 bits per heavy atom. The highest BCUT2D eigenvalue weighted by atomic mass is 14.4. The Bertz CT molecular complexity index is 210. The van der Waals surface area contributed by atoms with Crippen LogP contribution in [0.2, 0.25) is 0 Å². The van der Waals surface area contributed by atoms with E-state index in [4.69, 9.17) is 0 Å². The fraction of sp³-hybridized carbons (Fsp3) is 1.00. The van der Waals surface area contributed by atoms with Crippen LogP contribution in [-0.4, -0.2) is 0 Å². The number of rotatable bonds is 7. The highest BCUT2D eigenvalue weighted by Gasteiger charge is 2.36. The van der Waals surface area contributed by atoms with E-state index in [9.17, 15) is 0 Å². The topological polar surface area (TPSA) is 0 Å². The van der Waals surface area contributed by atoms with Crippen LogP contribution >= 0.6 is 0 Å². The summed E-state index contributed by atoms with van der Waals surface area (Å²) >= 11 is 0. The van der Waals surface area contributed by atoms with Crippen molar-refractivity contribution < 1.29 is 0 Å². The molecule has 0 N–H and O–H groups in total. The molecule has 0 amide bonds. The second kappa shape index (κ2) is 6.25. The van der Waals surface area contributed by atoms with Crippen molar-refractivity contribution in [1.29, 1.82) is 0 Å². The van der Waals surface area contributed by atoms with E-state index < -0.39 is 0 Å². The van der Waals surface area contributed by atoms with Crippen LogP contribution < -0.4 is 0 Å². The molecule has 17 heavy (non-hydrogen) atoms. The zero-order valence-electron chi connectivity index (χ0n) is 13.9. The maximum Gasteiger partial charge on any atom is -0.0321 e. The normalized spacial score (nSPS) is 17.3. The Balaban J connectivity index is 4.79. The van der Waals surface area contributed by atoms with E-state index in [0.717, 1.165) is 17.8 Å². The minimum absolute atomic E-state index is 0.449. The maximum absolute atomic E-state index is 2.47. The summed E-state index contributed by atoms with van der Waals surface area (Å²) in [5.74, 6) is 2.47. The van der Waals surface area contributed by atoms with Crippen LogP contribution in [-0.2, 0) is 0 Å². The van der Waals surface area contributed by atoms with Gasteiger partial charge in [0, 0.05) is 0 Å². The molecule has 0 aromatic carbocycles. The van der Waals surface area contributed by atoms with Crippen LogP contribution in [0.5, 0.6) is 0 Å². The summed E-state index contributed by atoms with van der Waals surface area (Å²) in [5.41, 5.74) is 0.928. The molecule has 0 fully saturated rings. The van der Waals surface area contributed by atoms with Crippen LogP contribution in [0.1, 0.15) is 81.6 Å². The largest absolute Gasteiger partial charge is 0.0651 e. The van der Waals surface area contributed by atoms with Gasteiger partial charge in [0.1, 0.15) is 0 Å². The van der Waals surface area contributed by atoms with Crippen LogP contribution in [0.3, 0.4) is 0 Å². The summed E-state index contributed by atoms with van der Waals surface area (Å²) in [7, 11) is 0. The summed E-state index contributed by atoms with van der Waals surface area (Å²) in [6.45, 7) is 21.7. The molecule has 0 nitrogen and oxygen atoms in total. The summed E-state index contributed by atoms with van der Waals surface area (Å²) in [6, 6.07) is 0. The predicted octanol–water partition coefficient (Wildman–Crippen LogP) is 6.16. The molecule has 0 aromatic heterocycles. The van der Waals surface area contributed by atoms with Gasteiger partial charge in [-0.25, -0.2) is 0 Å². The first-order chi connectivity index (χ1) is 7.57. The molecule has 0 aliphatic carbocycles. The van der Waals surface area contributed by atoms with Gasteiger partial charge in [0.15, 0.2) is 0 Å². The van der Waals surface area contributed by atoms with E-state index in [1.807, 2.05) is 0 Å². The zero-order chi connectivity index (χ0) is 13.9. The second-order valence-electron chi connectivity index (χ2n) is 7.79. The van der Waals surface area contributed by atoms with Crippen molar-refractivity contribution >= 4 is 0 Å². The maximum atomic E-state index is 2.47. The van der Waals surface area contributed by atoms with Gasteiger partial charge < -0.3 is 0 Å². The van der Waals surface area contributed by atoms with Gasteiger partial charge in [0.25, 0.3) is 0 Å². The van der Waals surface area contributed by atoms with E-state index in [1.165, 1.54) is 19.3 Å². The van der Waals surface area contributed by atoms with Crippen molar-refractivity contribution in [3.8, 4) is 0 Å². The summed E-state index contributed by atoms with van der Waals surface area (Å²) < 4.78 is 0. The molecule has 0 aliphatic heterocycles. The number of hydrogen-bond donors (Lipinski definition) is 0. The fourth-order valence-electron chi connectivity index (χ4n) is 3.50. The molecule has 0 rings (SSSR count). The average molecular weight is 240 g/mol. The van der Waals surface area contributed by atoms with E-state index >= 15 is 0 Å². The molecule has 0 spiro atoms. The van der Waals surface area contributed by atoms with Gasteiger partial charge in [0.05, 0.1) is 0 Å². The van der Waals surface area contributed by atoms with E-state index in [2.05, 4.69) is 62.3 Å². The monoisotopic (exact) mass is 240 g/mol. The molecule has 0 saturated carbocycles. The smallest absolute Gasteiger partial charge is 0.0321 e. The second-order valence-corrected chi connectivity index (χ2v) is 7.79. The molecule has 0 aromatic rings. The quantitative estimate of drug-likeness (QED) is 0.500. The van der Waals surface area contributed by atoms with Crippen molar-refractivity contribution in [2.75, 3.05) is 0 Å². The Hall–Kier alpha value is 0. The Kier molecular flexibility index (Phi) is 6.25. The molecule has 0 saturated heterocycles. The Morgan fingerprint density at radius 3 is 1.65 bits per heavy atom. The first-order valence-electron chi connectivity index (χ1n) is 7.57. The molecule has 0 radical (unpaired) electrons. The van der Waals surface area contributed by atoms with Gasteiger partial charge in [-0.3, -0.25) is 0 Å². The molecule has 2 unspecified atom stereocenters. The molecular formula is C17H36. The molecular weight excluding hydrogens is 204 g/mol. The SMILES string of the molecule is CCC(C(C)C)C(C)C(C)(C)CC(C)(C)CC. The standard InChI is InChI=1S/C17H36/c1-10-15(13(3)4)14(5)17(8,9)12-16(6,7)11-2/h13-15H,10-12H2,1-9H3. The lowest BCUT2D eigenvalue weighted by atomic mass is 9.62. The van der Waals surface area contributed by atoms with E-state index in [1.54, 1.807) is 0 Å². The van der Waals surface area contributed by atoms with Crippen molar-refractivity contribution in [2.45, 2.75) is 81.6 Å². The minimum Gasteiger partial charge on any atom is -0.0651 e. The first-order valence-corrected chi connectivity index (χ1v) is 7.57. The van der Waals surface area contributed by atoms with E-state index in [-0.39, 0.29) is 0 Å². The molecule has 104 valence electrons. The third-order valence-corrected chi connectivity index (χ3v) is 5.09.